The van der Waals surface area contributed by atoms with Crippen molar-refractivity contribution in [2.45, 2.75) is 39.2 Å². The smallest absolute Gasteiger partial charge is 0.224 e. The number of amides is 1. The Hall–Kier alpha value is -2.08. The van der Waals surface area contributed by atoms with Gasteiger partial charge in [-0.15, -0.1) is 0 Å². The predicted molar refractivity (Wildman–Crippen MR) is 91.7 cm³/mol. The summed E-state index contributed by atoms with van der Waals surface area (Å²) in [6, 6.07) is 4.01. The molecule has 1 atom stereocenters. The van der Waals surface area contributed by atoms with E-state index in [2.05, 4.69) is 15.3 Å². The fourth-order valence-corrected chi connectivity index (χ4v) is 3.45. The van der Waals surface area contributed by atoms with Gasteiger partial charge in [0.15, 0.2) is 0 Å². The summed E-state index contributed by atoms with van der Waals surface area (Å²) in [5.74, 6) is 0.955. The number of hydrogen-bond acceptors (Lipinski definition) is 4. The minimum atomic E-state index is 0.0324. The molecule has 1 aliphatic rings. The zero-order valence-corrected chi connectivity index (χ0v) is 14.7. The highest BCUT2D eigenvalue weighted by Crippen LogP contribution is 2.25. The highest BCUT2D eigenvalue weighted by molar-refractivity contribution is 5.79. The SMILES string of the molecule is Cc1nn(C)c(C)c1CC(=O)NC[C@H](c1ccco1)N1CCCC1. The molecule has 3 rings (SSSR count). The number of aryl methyl sites for hydroxylation is 2. The number of aromatic nitrogens is 2. The van der Waals surface area contributed by atoms with Gasteiger partial charge < -0.3 is 9.73 Å². The molecule has 1 aliphatic heterocycles. The van der Waals surface area contributed by atoms with Crippen LogP contribution >= 0.6 is 0 Å². The van der Waals surface area contributed by atoms with Crippen LogP contribution < -0.4 is 5.32 Å². The molecular formula is C18H26N4O2. The topological polar surface area (TPSA) is 63.3 Å². The number of nitrogens with zero attached hydrogens (tertiary/aromatic N) is 3. The molecule has 2 aromatic heterocycles. The van der Waals surface area contributed by atoms with Crippen molar-refractivity contribution in [1.82, 2.24) is 20.0 Å². The molecule has 1 amide bonds. The number of hydrogen-bond donors (Lipinski definition) is 1. The Balaban J connectivity index is 1.63. The average Bonchev–Trinajstić information content (AvgIpc) is 3.28. The van der Waals surface area contributed by atoms with E-state index in [1.54, 1.807) is 6.26 Å². The van der Waals surface area contributed by atoms with Gasteiger partial charge in [0.1, 0.15) is 5.76 Å². The van der Waals surface area contributed by atoms with E-state index in [4.69, 9.17) is 4.42 Å². The Kier molecular flexibility index (Phi) is 5.04. The molecule has 0 bridgehead atoms. The second-order valence-electron chi connectivity index (χ2n) is 6.53. The van der Waals surface area contributed by atoms with Gasteiger partial charge in [-0.1, -0.05) is 0 Å². The second kappa shape index (κ2) is 7.21. The molecule has 2 aromatic rings. The first kappa shape index (κ1) is 16.8. The summed E-state index contributed by atoms with van der Waals surface area (Å²) in [6.07, 6.45) is 4.48. The molecule has 1 fully saturated rings. The lowest BCUT2D eigenvalue weighted by Crippen LogP contribution is -2.37. The van der Waals surface area contributed by atoms with Gasteiger partial charge in [0.2, 0.25) is 5.91 Å². The van der Waals surface area contributed by atoms with Crippen LogP contribution in [0, 0.1) is 13.8 Å². The number of nitrogens with one attached hydrogen (secondary N) is 1. The molecule has 0 unspecified atom stereocenters. The number of furan rings is 1. The van der Waals surface area contributed by atoms with Crippen LogP contribution in [0.2, 0.25) is 0 Å². The number of carbonyl (C=O) groups is 1. The minimum Gasteiger partial charge on any atom is -0.468 e. The van der Waals surface area contributed by atoms with Crippen molar-refractivity contribution < 1.29 is 9.21 Å². The molecular weight excluding hydrogens is 304 g/mol. The standard InChI is InChI=1S/C18H26N4O2/c1-13-15(14(2)21(3)20-13)11-18(23)19-12-16(17-7-6-10-24-17)22-8-4-5-9-22/h6-7,10,16H,4-5,8-9,11-12H2,1-3H3,(H,19,23)/t16-/m1/s1. The molecule has 1 saturated heterocycles. The van der Waals surface area contributed by atoms with Crippen LogP contribution in [-0.2, 0) is 18.3 Å². The normalized spacial score (nSPS) is 16.5. The van der Waals surface area contributed by atoms with E-state index in [0.717, 1.165) is 35.8 Å². The molecule has 3 heterocycles. The number of likely N-dealkylation sites (tertiary alicyclic amines) is 1. The Morgan fingerprint density at radius 1 is 1.38 bits per heavy atom. The summed E-state index contributed by atoms with van der Waals surface area (Å²) in [4.78, 5) is 14.8. The molecule has 130 valence electrons. The first-order valence-electron chi connectivity index (χ1n) is 8.59. The largest absolute Gasteiger partial charge is 0.468 e. The third-order valence-corrected chi connectivity index (χ3v) is 4.94. The first-order chi connectivity index (χ1) is 11.6. The fraction of sp³-hybridized carbons (Fsp3) is 0.556. The lowest BCUT2D eigenvalue weighted by molar-refractivity contribution is -0.120. The molecule has 1 N–H and O–H groups in total. The van der Waals surface area contributed by atoms with Crippen LogP contribution in [0.3, 0.4) is 0 Å². The number of carbonyl (C=O) groups excluding carboxylic acids is 1. The number of rotatable bonds is 6. The maximum absolute atomic E-state index is 12.4. The van der Waals surface area contributed by atoms with Crippen molar-refractivity contribution >= 4 is 5.91 Å². The highest BCUT2D eigenvalue weighted by atomic mass is 16.3. The lowest BCUT2D eigenvalue weighted by Gasteiger charge is -2.26. The molecule has 0 aromatic carbocycles. The van der Waals surface area contributed by atoms with Crippen LogP contribution in [0.5, 0.6) is 0 Å². The van der Waals surface area contributed by atoms with E-state index in [1.165, 1.54) is 12.8 Å². The molecule has 24 heavy (non-hydrogen) atoms. The monoisotopic (exact) mass is 330 g/mol. The summed E-state index contributed by atoms with van der Waals surface area (Å²) in [6.45, 7) is 6.64. The molecule has 0 radical (unpaired) electrons. The molecule has 6 nitrogen and oxygen atoms in total. The van der Waals surface area contributed by atoms with Crippen LogP contribution in [-0.4, -0.2) is 40.2 Å². The van der Waals surface area contributed by atoms with E-state index in [-0.39, 0.29) is 11.9 Å². The Morgan fingerprint density at radius 2 is 2.12 bits per heavy atom. The Bertz CT molecular complexity index is 684. The maximum atomic E-state index is 12.4. The molecule has 6 heteroatoms. The van der Waals surface area contributed by atoms with Crippen molar-refractivity contribution in [3.05, 3.63) is 41.1 Å². The second-order valence-corrected chi connectivity index (χ2v) is 6.53. The van der Waals surface area contributed by atoms with Gasteiger partial charge in [0.05, 0.1) is 24.4 Å². The van der Waals surface area contributed by atoms with Gasteiger partial charge in [-0.05, 0) is 51.9 Å². The first-order valence-corrected chi connectivity index (χ1v) is 8.59. The van der Waals surface area contributed by atoms with Crippen LogP contribution in [0.15, 0.2) is 22.8 Å². The molecule has 0 spiro atoms. The predicted octanol–water partition coefficient (Wildman–Crippen LogP) is 2.13. The highest BCUT2D eigenvalue weighted by Gasteiger charge is 2.26. The Morgan fingerprint density at radius 3 is 2.71 bits per heavy atom. The summed E-state index contributed by atoms with van der Waals surface area (Å²) >= 11 is 0. The van der Waals surface area contributed by atoms with E-state index in [0.29, 0.717) is 13.0 Å². The van der Waals surface area contributed by atoms with Crippen molar-refractivity contribution in [1.29, 1.82) is 0 Å². The third kappa shape index (κ3) is 3.53. The van der Waals surface area contributed by atoms with Crippen LogP contribution in [0.4, 0.5) is 0 Å². The van der Waals surface area contributed by atoms with Crippen molar-refractivity contribution in [3.63, 3.8) is 0 Å². The summed E-state index contributed by atoms with van der Waals surface area (Å²) in [7, 11) is 1.91. The van der Waals surface area contributed by atoms with Crippen LogP contribution in [0.1, 0.15) is 41.6 Å². The minimum absolute atomic E-state index is 0.0324. The Labute approximate surface area is 142 Å². The van der Waals surface area contributed by atoms with Gasteiger partial charge in [0.25, 0.3) is 0 Å². The van der Waals surface area contributed by atoms with E-state index in [1.807, 2.05) is 37.7 Å². The third-order valence-electron chi connectivity index (χ3n) is 4.94. The zero-order valence-electron chi connectivity index (χ0n) is 14.7. The van der Waals surface area contributed by atoms with Crippen molar-refractivity contribution in [2.24, 2.45) is 7.05 Å². The van der Waals surface area contributed by atoms with E-state index >= 15 is 0 Å². The van der Waals surface area contributed by atoms with Gasteiger partial charge >= 0.3 is 0 Å². The maximum Gasteiger partial charge on any atom is 0.224 e. The summed E-state index contributed by atoms with van der Waals surface area (Å²) < 4.78 is 7.42. The summed E-state index contributed by atoms with van der Waals surface area (Å²) in [5, 5.41) is 7.46. The lowest BCUT2D eigenvalue weighted by atomic mass is 10.1. The van der Waals surface area contributed by atoms with Crippen LogP contribution in [0.25, 0.3) is 0 Å². The molecule has 0 aliphatic carbocycles. The fourth-order valence-electron chi connectivity index (χ4n) is 3.45. The summed E-state index contributed by atoms with van der Waals surface area (Å²) in [5.41, 5.74) is 2.99. The van der Waals surface area contributed by atoms with Gasteiger partial charge in [-0.3, -0.25) is 14.4 Å². The van der Waals surface area contributed by atoms with Gasteiger partial charge in [-0.2, -0.15) is 5.10 Å². The molecule has 0 saturated carbocycles. The zero-order chi connectivity index (χ0) is 17.1. The van der Waals surface area contributed by atoms with Crippen molar-refractivity contribution in [3.8, 4) is 0 Å². The quantitative estimate of drug-likeness (QED) is 0.881. The average molecular weight is 330 g/mol. The van der Waals surface area contributed by atoms with Crippen molar-refractivity contribution in [2.75, 3.05) is 19.6 Å². The van der Waals surface area contributed by atoms with E-state index < -0.39 is 0 Å². The van der Waals surface area contributed by atoms with Gasteiger partial charge in [0, 0.05) is 24.8 Å². The van der Waals surface area contributed by atoms with Gasteiger partial charge in [-0.25, -0.2) is 0 Å². The van der Waals surface area contributed by atoms with E-state index in [9.17, 15) is 4.79 Å².